The summed E-state index contributed by atoms with van der Waals surface area (Å²) in [6.45, 7) is 4.35. The van der Waals surface area contributed by atoms with Gasteiger partial charge in [-0.25, -0.2) is 4.39 Å². The van der Waals surface area contributed by atoms with Gasteiger partial charge in [0.05, 0.1) is 6.10 Å². The maximum absolute atomic E-state index is 12.8. The van der Waals surface area contributed by atoms with E-state index in [1.165, 1.54) is 12.1 Å². The zero-order chi connectivity index (χ0) is 14.0. The molecule has 104 valence electrons. The zero-order valence-corrected chi connectivity index (χ0v) is 11.4. The molecular formula is C15H20FNO2. The maximum atomic E-state index is 12.8. The van der Waals surface area contributed by atoms with E-state index in [0.717, 1.165) is 5.56 Å². The van der Waals surface area contributed by atoms with E-state index in [-0.39, 0.29) is 17.3 Å². The predicted octanol–water partition coefficient (Wildman–Crippen LogP) is 2.13. The number of aliphatic hydroxyl groups excluding tert-OH is 1. The molecule has 0 aromatic heterocycles. The first-order valence-corrected chi connectivity index (χ1v) is 6.61. The number of nitrogens with zero attached hydrogens (tertiary/aromatic N) is 1. The largest absolute Gasteiger partial charge is 0.391 e. The fourth-order valence-electron chi connectivity index (χ4n) is 2.69. The third kappa shape index (κ3) is 3.32. The van der Waals surface area contributed by atoms with Gasteiger partial charge in [-0.05, 0) is 44.4 Å². The molecule has 1 N–H and O–H groups in total. The van der Waals surface area contributed by atoms with Gasteiger partial charge in [-0.2, -0.15) is 0 Å². The molecule has 1 aromatic rings. The molecule has 1 saturated heterocycles. The molecule has 1 amide bonds. The molecule has 1 aliphatic rings. The van der Waals surface area contributed by atoms with E-state index >= 15 is 0 Å². The Hall–Kier alpha value is -1.42. The van der Waals surface area contributed by atoms with Gasteiger partial charge in [0.1, 0.15) is 5.82 Å². The zero-order valence-electron chi connectivity index (χ0n) is 11.4. The Kier molecular flexibility index (Phi) is 3.90. The summed E-state index contributed by atoms with van der Waals surface area (Å²) in [6, 6.07) is 6.21. The Morgan fingerprint density at radius 3 is 2.58 bits per heavy atom. The molecule has 1 aromatic carbocycles. The quantitative estimate of drug-likeness (QED) is 0.909. The molecule has 0 spiro atoms. The standard InChI is InChI=1S/C15H20FNO2/c1-15(2)9-13(18)10-17(15)14(19)8-5-11-3-6-12(16)7-4-11/h3-4,6-7,13,18H,5,8-10H2,1-2H3. The summed E-state index contributed by atoms with van der Waals surface area (Å²) in [6.07, 6.45) is 1.18. The highest BCUT2D eigenvalue weighted by Crippen LogP contribution is 2.29. The number of aryl methyl sites for hydroxylation is 1. The lowest BCUT2D eigenvalue weighted by Crippen LogP contribution is -2.42. The molecule has 0 radical (unpaired) electrons. The average molecular weight is 265 g/mol. The topological polar surface area (TPSA) is 40.5 Å². The molecule has 1 heterocycles. The number of amides is 1. The summed E-state index contributed by atoms with van der Waals surface area (Å²) < 4.78 is 12.8. The van der Waals surface area contributed by atoms with Crippen molar-refractivity contribution in [1.82, 2.24) is 4.90 Å². The normalized spacial score (nSPS) is 21.7. The number of hydrogen-bond acceptors (Lipinski definition) is 2. The molecule has 1 fully saturated rings. The van der Waals surface area contributed by atoms with Crippen molar-refractivity contribution >= 4 is 5.91 Å². The van der Waals surface area contributed by atoms with Crippen molar-refractivity contribution in [2.45, 2.75) is 44.8 Å². The molecule has 1 aliphatic heterocycles. The van der Waals surface area contributed by atoms with Gasteiger partial charge in [0.15, 0.2) is 0 Å². The lowest BCUT2D eigenvalue weighted by atomic mass is 10.0. The second-order valence-electron chi connectivity index (χ2n) is 5.80. The van der Waals surface area contributed by atoms with Crippen LogP contribution in [-0.4, -0.2) is 34.1 Å². The fraction of sp³-hybridized carbons (Fsp3) is 0.533. The van der Waals surface area contributed by atoms with E-state index in [2.05, 4.69) is 0 Å². The molecule has 4 heteroatoms. The van der Waals surface area contributed by atoms with Gasteiger partial charge >= 0.3 is 0 Å². The average Bonchev–Trinajstić information content (AvgIpc) is 2.61. The van der Waals surface area contributed by atoms with E-state index in [1.807, 2.05) is 13.8 Å². The van der Waals surface area contributed by atoms with Crippen LogP contribution in [0.4, 0.5) is 4.39 Å². The minimum atomic E-state index is -0.426. The third-order valence-electron chi connectivity index (χ3n) is 3.70. The molecule has 0 bridgehead atoms. The van der Waals surface area contributed by atoms with E-state index in [1.54, 1.807) is 17.0 Å². The predicted molar refractivity (Wildman–Crippen MR) is 71.1 cm³/mol. The number of likely N-dealkylation sites (tertiary alicyclic amines) is 1. The Morgan fingerprint density at radius 2 is 2.05 bits per heavy atom. The number of β-amino-alcohol motifs (C(OH)–C–C–N with tert-alkyl or cyclic N) is 1. The molecular weight excluding hydrogens is 245 g/mol. The van der Waals surface area contributed by atoms with Crippen LogP contribution in [0, 0.1) is 5.82 Å². The van der Waals surface area contributed by atoms with Gasteiger partial charge in [-0.3, -0.25) is 4.79 Å². The van der Waals surface area contributed by atoms with Crippen molar-refractivity contribution < 1.29 is 14.3 Å². The first-order valence-electron chi connectivity index (χ1n) is 6.61. The third-order valence-corrected chi connectivity index (χ3v) is 3.70. The number of hydrogen-bond donors (Lipinski definition) is 1. The minimum absolute atomic E-state index is 0.0471. The van der Waals surface area contributed by atoms with Crippen molar-refractivity contribution in [2.24, 2.45) is 0 Å². The lowest BCUT2D eigenvalue weighted by molar-refractivity contribution is -0.134. The highest BCUT2D eigenvalue weighted by atomic mass is 19.1. The van der Waals surface area contributed by atoms with Crippen LogP contribution in [0.25, 0.3) is 0 Å². The summed E-state index contributed by atoms with van der Waals surface area (Å²) in [5, 5.41) is 9.66. The fourth-order valence-corrected chi connectivity index (χ4v) is 2.69. The number of carbonyl (C=O) groups excluding carboxylic acids is 1. The first-order chi connectivity index (χ1) is 8.88. The van der Waals surface area contributed by atoms with Crippen LogP contribution in [0.3, 0.4) is 0 Å². The molecule has 1 unspecified atom stereocenters. The van der Waals surface area contributed by atoms with Crippen LogP contribution in [-0.2, 0) is 11.2 Å². The van der Waals surface area contributed by atoms with E-state index in [4.69, 9.17) is 0 Å². The van der Waals surface area contributed by atoms with Crippen molar-refractivity contribution in [3.8, 4) is 0 Å². The number of halogens is 1. The van der Waals surface area contributed by atoms with Gasteiger partial charge in [-0.15, -0.1) is 0 Å². The van der Waals surface area contributed by atoms with E-state index in [9.17, 15) is 14.3 Å². The van der Waals surface area contributed by atoms with Crippen molar-refractivity contribution in [3.05, 3.63) is 35.6 Å². The van der Waals surface area contributed by atoms with Gasteiger partial charge in [-0.1, -0.05) is 12.1 Å². The Morgan fingerprint density at radius 1 is 1.42 bits per heavy atom. The SMILES string of the molecule is CC1(C)CC(O)CN1C(=O)CCc1ccc(F)cc1. The second-order valence-corrected chi connectivity index (χ2v) is 5.80. The van der Waals surface area contributed by atoms with Gasteiger partial charge in [0.2, 0.25) is 5.91 Å². The van der Waals surface area contributed by atoms with Crippen molar-refractivity contribution in [3.63, 3.8) is 0 Å². The highest BCUT2D eigenvalue weighted by Gasteiger charge is 2.39. The molecule has 0 saturated carbocycles. The van der Waals surface area contributed by atoms with Crippen LogP contribution >= 0.6 is 0 Å². The van der Waals surface area contributed by atoms with Crippen LogP contribution in [0.1, 0.15) is 32.3 Å². The Balaban J connectivity index is 1.93. The maximum Gasteiger partial charge on any atom is 0.223 e. The van der Waals surface area contributed by atoms with Gasteiger partial charge in [0, 0.05) is 18.5 Å². The smallest absolute Gasteiger partial charge is 0.223 e. The summed E-state index contributed by atoms with van der Waals surface area (Å²) in [7, 11) is 0. The number of rotatable bonds is 3. The molecule has 3 nitrogen and oxygen atoms in total. The molecule has 0 aliphatic carbocycles. The second kappa shape index (κ2) is 5.29. The monoisotopic (exact) mass is 265 g/mol. The van der Waals surface area contributed by atoms with Crippen LogP contribution in [0.15, 0.2) is 24.3 Å². The highest BCUT2D eigenvalue weighted by molar-refractivity contribution is 5.77. The van der Waals surface area contributed by atoms with Crippen molar-refractivity contribution in [2.75, 3.05) is 6.54 Å². The van der Waals surface area contributed by atoms with Crippen molar-refractivity contribution in [1.29, 1.82) is 0 Å². The number of carbonyl (C=O) groups is 1. The van der Waals surface area contributed by atoms with Crippen LogP contribution < -0.4 is 0 Å². The lowest BCUT2D eigenvalue weighted by Gasteiger charge is -2.31. The van der Waals surface area contributed by atoms with Gasteiger partial charge < -0.3 is 10.0 Å². The van der Waals surface area contributed by atoms with Crippen LogP contribution in [0.5, 0.6) is 0 Å². The van der Waals surface area contributed by atoms with Gasteiger partial charge in [0.25, 0.3) is 0 Å². The summed E-state index contributed by atoms with van der Waals surface area (Å²) >= 11 is 0. The van der Waals surface area contributed by atoms with E-state index in [0.29, 0.717) is 25.8 Å². The summed E-state index contributed by atoms with van der Waals surface area (Å²) in [5.41, 5.74) is 0.673. The summed E-state index contributed by atoms with van der Waals surface area (Å²) in [5.74, 6) is -0.218. The summed E-state index contributed by atoms with van der Waals surface area (Å²) in [4.78, 5) is 13.9. The van der Waals surface area contributed by atoms with Crippen LogP contribution in [0.2, 0.25) is 0 Å². The van der Waals surface area contributed by atoms with E-state index < -0.39 is 6.10 Å². The molecule has 1 atom stereocenters. The number of aliphatic hydroxyl groups is 1. The molecule has 19 heavy (non-hydrogen) atoms. The number of benzene rings is 1. The molecule has 2 rings (SSSR count). The minimum Gasteiger partial charge on any atom is -0.391 e. The first kappa shape index (κ1) is 14.0. The Bertz CT molecular complexity index is 456. The Labute approximate surface area is 113 Å².